The molecule has 5 nitrogen and oxygen atoms in total. The van der Waals surface area contributed by atoms with Gasteiger partial charge >= 0.3 is 5.97 Å². The number of phenolic OH excluding ortho intramolecular Hbond substituents is 1. The third-order valence-electron chi connectivity index (χ3n) is 2.98. The summed E-state index contributed by atoms with van der Waals surface area (Å²) in [6, 6.07) is 3.38. The van der Waals surface area contributed by atoms with Crippen LogP contribution in [-0.4, -0.2) is 31.1 Å². The van der Waals surface area contributed by atoms with Crippen LogP contribution in [0.25, 0.3) is 10.1 Å². The van der Waals surface area contributed by atoms with Gasteiger partial charge in [-0.25, -0.2) is 0 Å². The Kier molecular flexibility index (Phi) is 4.84. The van der Waals surface area contributed by atoms with E-state index in [0.29, 0.717) is 15.1 Å². The van der Waals surface area contributed by atoms with Crippen LogP contribution in [0.5, 0.6) is 11.5 Å². The number of ketones is 1. The minimum Gasteiger partial charge on any atom is -0.503 e. The van der Waals surface area contributed by atoms with Gasteiger partial charge in [-0.2, -0.15) is 0 Å². The summed E-state index contributed by atoms with van der Waals surface area (Å²) >= 11 is 4.59. The second kappa shape index (κ2) is 6.44. The summed E-state index contributed by atoms with van der Waals surface area (Å²) in [5.74, 6) is -0.210. The number of methoxy groups -OCH3 is 2. The number of phenols is 1. The van der Waals surface area contributed by atoms with Crippen LogP contribution in [0.1, 0.15) is 22.5 Å². The lowest BCUT2D eigenvalue weighted by Gasteiger charge is -2.05. The lowest BCUT2D eigenvalue weighted by molar-refractivity contribution is -0.140. The second-order valence-electron chi connectivity index (χ2n) is 4.26. The number of fused-ring (bicyclic) bond motifs is 1. The van der Waals surface area contributed by atoms with Crippen molar-refractivity contribution in [2.45, 2.75) is 12.8 Å². The molecule has 0 radical (unpaired) electrons. The van der Waals surface area contributed by atoms with Crippen LogP contribution in [-0.2, 0) is 9.53 Å². The average molecular weight is 373 g/mol. The van der Waals surface area contributed by atoms with Crippen LogP contribution >= 0.6 is 27.3 Å². The number of ether oxygens (including phenoxy) is 2. The number of carbonyl (C=O) groups is 2. The number of thiophene rings is 1. The number of rotatable bonds is 5. The Balaban J connectivity index is 2.32. The normalized spacial score (nSPS) is 10.6. The zero-order valence-electron chi connectivity index (χ0n) is 11.4. The first kappa shape index (κ1) is 15.8. The van der Waals surface area contributed by atoms with Crippen molar-refractivity contribution in [1.29, 1.82) is 0 Å². The zero-order valence-corrected chi connectivity index (χ0v) is 13.8. The lowest BCUT2D eigenvalue weighted by Crippen LogP contribution is -2.04. The van der Waals surface area contributed by atoms with E-state index in [1.165, 1.54) is 25.6 Å². The van der Waals surface area contributed by atoms with Crippen LogP contribution in [0.4, 0.5) is 0 Å². The van der Waals surface area contributed by atoms with E-state index in [2.05, 4.69) is 20.7 Å². The van der Waals surface area contributed by atoms with Gasteiger partial charge in [-0.05, 0) is 22.0 Å². The summed E-state index contributed by atoms with van der Waals surface area (Å²) < 4.78 is 10.9. The summed E-state index contributed by atoms with van der Waals surface area (Å²) in [5, 5.41) is 10.7. The molecule has 0 spiro atoms. The predicted octanol–water partition coefficient (Wildman–Crippen LogP) is 3.51. The molecule has 1 aromatic heterocycles. The standard InChI is InChI=1S/C14H13BrO5S/c1-19-9-6-10-7(13(15)14(9)18)5-11(21-10)8(16)3-4-12(17)20-2/h5-6,18H,3-4H2,1-2H3. The maximum Gasteiger partial charge on any atom is 0.305 e. The smallest absolute Gasteiger partial charge is 0.305 e. The molecule has 2 aromatic rings. The molecule has 2 rings (SSSR count). The average Bonchev–Trinajstić information content (AvgIpc) is 2.92. The van der Waals surface area contributed by atoms with Gasteiger partial charge < -0.3 is 14.6 Å². The number of benzene rings is 1. The minimum absolute atomic E-state index is 0.00337. The number of hydrogen-bond donors (Lipinski definition) is 1. The quantitative estimate of drug-likeness (QED) is 0.641. The Morgan fingerprint density at radius 1 is 1.29 bits per heavy atom. The molecule has 0 saturated heterocycles. The SMILES string of the molecule is COC(=O)CCC(=O)c1cc2c(Br)c(O)c(OC)cc2s1. The zero-order chi connectivity index (χ0) is 15.6. The van der Waals surface area contributed by atoms with Gasteiger partial charge in [-0.1, -0.05) is 0 Å². The number of esters is 1. The molecule has 0 aliphatic carbocycles. The second-order valence-corrected chi connectivity index (χ2v) is 6.14. The number of Topliss-reactive ketones (excluding diaryl/α,β-unsaturated/α-hetero) is 1. The molecule has 0 aliphatic rings. The summed E-state index contributed by atoms with van der Waals surface area (Å²) in [5.41, 5.74) is 0. The molecule has 21 heavy (non-hydrogen) atoms. The van der Waals surface area contributed by atoms with Gasteiger partial charge in [-0.15, -0.1) is 11.3 Å². The van der Waals surface area contributed by atoms with Crippen molar-refractivity contribution in [3.8, 4) is 11.5 Å². The van der Waals surface area contributed by atoms with E-state index in [4.69, 9.17) is 4.74 Å². The third-order valence-corrected chi connectivity index (χ3v) is 4.91. The summed E-state index contributed by atoms with van der Waals surface area (Å²) in [6.45, 7) is 0. The predicted molar refractivity (Wildman–Crippen MR) is 83.3 cm³/mol. The van der Waals surface area contributed by atoms with E-state index in [-0.39, 0.29) is 24.4 Å². The van der Waals surface area contributed by atoms with Gasteiger partial charge in [0.25, 0.3) is 0 Å². The van der Waals surface area contributed by atoms with E-state index in [9.17, 15) is 14.7 Å². The maximum absolute atomic E-state index is 12.1. The first-order chi connectivity index (χ1) is 9.97. The Labute approximate surface area is 133 Å². The van der Waals surface area contributed by atoms with Crippen molar-refractivity contribution in [1.82, 2.24) is 0 Å². The molecular formula is C14H13BrO5S. The van der Waals surface area contributed by atoms with Gasteiger partial charge in [0.15, 0.2) is 17.3 Å². The highest BCUT2D eigenvalue weighted by Crippen LogP contribution is 2.43. The van der Waals surface area contributed by atoms with Crippen molar-refractivity contribution in [2.75, 3.05) is 14.2 Å². The summed E-state index contributed by atoms with van der Waals surface area (Å²) in [7, 11) is 2.75. The molecule has 0 amide bonds. The van der Waals surface area contributed by atoms with Gasteiger partial charge in [0, 0.05) is 22.6 Å². The topological polar surface area (TPSA) is 72.8 Å². The Morgan fingerprint density at radius 3 is 2.62 bits per heavy atom. The van der Waals surface area contributed by atoms with Crippen molar-refractivity contribution < 1.29 is 24.2 Å². The highest BCUT2D eigenvalue weighted by atomic mass is 79.9. The van der Waals surface area contributed by atoms with Crippen LogP contribution < -0.4 is 4.74 Å². The van der Waals surface area contributed by atoms with Crippen LogP contribution in [0.15, 0.2) is 16.6 Å². The fourth-order valence-electron chi connectivity index (χ4n) is 1.84. The molecule has 0 fully saturated rings. The van der Waals surface area contributed by atoms with E-state index < -0.39 is 5.97 Å². The number of carbonyl (C=O) groups excluding carboxylic acids is 2. The first-order valence-corrected chi connectivity index (χ1v) is 7.68. The molecular weight excluding hydrogens is 360 g/mol. The molecule has 0 aliphatic heterocycles. The van der Waals surface area contributed by atoms with Crippen molar-refractivity contribution in [2.24, 2.45) is 0 Å². The number of hydrogen-bond acceptors (Lipinski definition) is 6. The molecule has 0 unspecified atom stereocenters. The molecule has 0 bridgehead atoms. The lowest BCUT2D eigenvalue weighted by atomic mass is 10.1. The molecule has 1 aromatic carbocycles. The monoisotopic (exact) mass is 372 g/mol. The van der Waals surface area contributed by atoms with Gasteiger partial charge in [-0.3, -0.25) is 9.59 Å². The highest BCUT2D eigenvalue weighted by molar-refractivity contribution is 9.10. The highest BCUT2D eigenvalue weighted by Gasteiger charge is 2.17. The maximum atomic E-state index is 12.1. The van der Waals surface area contributed by atoms with Crippen LogP contribution in [0.2, 0.25) is 0 Å². The number of aromatic hydroxyl groups is 1. The molecule has 1 heterocycles. The van der Waals surface area contributed by atoms with E-state index >= 15 is 0 Å². The molecule has 1 N–H and O–H groups in total. The number of halogens is 1. The van der Waals surface area contributed by atoms with Gasteiger partial charge in [0.05, 0.1) is 30.0 Å². The Morgan fingerprint density at radius 2 is 2.00 bits per heavy atom. The third kappa shape index (κ3) is 3.19. The van der Waals surface area contributed by atoms with E-state index in [0.717, 1.165) is 10.1 Å². The van der Waals surface area contributed by atoms with Gasteiger partial charge in [0.1, 0.15) is 0 Å². The summed E-state index contributed by atoms with van der Waals surface area (Å²) in [4.78, 5) is 23.7. The van der Waals surface area contributed by atoms with Crippen molar-refractivity contribution in [3.05, 3.63) is 21.5 Å². The van der Waals surface area contributed by atoms with Crippen molar-refractivity contribution in [3.63, 3.8) is 0 Å². The largest absolute Gasteiger partial charge is 0.503 e. The summed E-state index contributed by atoms with van der Waals surface area (Å²) in [6.07, 6.45) is 0.152. The van der Waals surface area contributed by atoms with Crippen molar-refractivity contribution >= 4 is 49.1 Å². The fourth-order valence-corrected chi connectivity index (χ4v) is 3.56. The van der Waals surface area contributed by atoms with Gasteiger partial charge in [0.2, 0.25) is 0 Å². The minimum atomic E-state index is -0.412. The molecule has 0 atom stereocenters. The Hall–Kier alpha value is -1.60. The fraction of sp³-hybridized carbons (Fsp3) is 0.286. The Bertz CT molecular complexity index is 707. The van der Waals surface area contributed by atoms with E-state index in [1.54, 1.807) is 12.1 Å². The van der Waals surface area contributed by atoms with Crippen LogP contribution in [0.3, 0.4) is 0 Å². The van der Waals surface area contributed by atoms with E-state index in [1.807, 2.05) is 0 Å². The molecule has 112 valence electrons. The van der Waals surface area contributed by atoms with Crippen LogP contribution in [0, 0.1) is 0 Å². The first-order valence-electron chi connectivity index (χ1n) is 6.07. The molecule has 7 heteroatoms. The molecule has 0 saturated carbocycles.